The molecule has 0 radical (unpaired) electrons. The molecule has 0 atom stereocenters. The highest BCUT2D eigenvalue weighted by molar-refractivity contribution is 5.88. The van der Waals surface area contributed by atoms with Gasteiger partial charge in [0.1, 0.15) is 5.56 Å². The lowest BCUT2D eigenvalue weighted by molar-refractivity contribution is 0.0695. The smallest absolute Gasteiger partial charge is 0.339 e. The summed E-state index contributed by atoms with van der Waals surface area (Å²) in [5.74, 6) is -0.556. The predicted octanol–water partition coefficient (Wildman–Crippen LogP) is 3.65. The van der Waals surface area contributed by atoms with E-state index in [0.717, 1.165) is 17.8 Å². The van der Waals surface area contributed by atoms with Gasteiger partial charge in [-0.1, -0.05) is 45.4 Å². The molecule has 106 valence electrons. The molecule has 4 heteroatoms. The molecule has 20 heavy (non-hydrogen) atoms. The molecule has 0 aliphatic rings. The van der Waals surface area contributed by atoms with Gasteiger partial charge in [-0.15, -0.1) is 0 Å². The minimum absolute atomic E-state index is 0.297. The lowest BCUT2D eigenvalue weighted by Crippen LogP contribution is -2.09. The van der Waals surface area contributed by atoms with E-state index in [0.29, 0.717) is 17.9 Å². The van der Waals surface area contributed by atoms with Gasteiger partial charge in [-0.05, 0) is 24.0 Å². The highest BCUT2D eigenvalue weighted by atomic mass is 16.4. The van der Waals surface area contributed by atoms with Crippen LogP contribution in [0.1, 0.15) is 54.7 Å². The fourth-order valence-electron chi connectivity index (χ4n) is 2.41. The summed E-state index contributed by atoms with van der Waals surface area (Å²) in [6.45, 7) is 6.29. The van der Waals surface area contributed by atoms with Crippen molar-refractivity contribution in [1.82, 2.24) is 9.78 Å². The summed E-state index contributed by atoms with van der Waals surface area (Å²) < 4.78 is 1.78. The van der Waals surface area contributed by atoms with Crippen LogP contribution >= 0.6 is 0 Å². The zero-order chi connectivity index (χ0) is 14.7. The zero-order valence-corrected chi connectivity index (χ0v) is 12.1. The molecule has 0 aliphatic heterocycles. The summed E-state index contributed by atoms with van der Waals surface area (Å²) in [7, 11) is 0. The summed E-state index contributed by atoms with van der Waals surface area (Å²) in [5, 5.41) is 13.6. The van der Waals surface area contributed by atoms with Crippen LogP contribution < -0.4 is 0 Å². The number of nitrogens with zero attached hydrogens (tertiary/aromatic N) is 2. The van der Waals surface area contributed by atoms with Crippen molar-refractivity contribution < 1.29 is 9.90 Å². The van der Waals surface area contributed by atoms with Crippen molar-refractivity contribution >= 4 is 5.97 Å². The normalized spacial score (nSPS) is 11.0. The number of para-hydroxylation sites is 1. The molecule has 0 fully saturated rings. The van der Waals surface area contributed by atoms with E-state index in [4.69, 9.17) is 0 Å². The first-order valence-corrected chi connectivity index (χ1v) is 6.95. The maximum absolute atomic E-state index is 11.3. The Morgan fingerprint density at radius 1 is 1.35 bits per heavy atom. The largest absolute Gasteiger partial charge is 0.478 e. The molecule has 0 aliphatic carbocycles. The first-order chi connectivity index (χ1) is 9.56. The van der Waals surface area contributed by atoms with E-state index >= 15 is 0 Å². The molecule has 0 unspecified atom stereocenters. The molecule has 0 saturated heterocycles. The lowest BCUT2D eigenvalue weighted by Gasteiger charge is -2.15. The van der Waals surface area contributed by atoms with Crippen LogP contribution in [-0.2, 0) is 6.42 Å². The Kier molecular flexibility index (Phi) is 4.23. The topological polar surface area (TPSA) is 55.1 Å². The number of carbonyl (C=O) groups is 1. The SMILES string of the molecule is CCCc1c(C(=O)O)cnn1-c1ccccc1C(C)C. The minimum atomic E-state index is -0.915. The van der Waals surface area contributed by atoms with Crippen molar-refractivity contribution in [2.75, 3.05) is 0 Å². The van der Waals surface area contributed by atoms with Gasteiger partial charge in [0.05, 0.1) is 17.6 Å². The molecule has 0 amide bonds. The molecule has 0 bridgehead atoms. The number of aromatic nitrogens is 2. The molecular weight excluding hydrogens is 252 g/mol. The number of hydrogen-bond acceptors (Lipinski definition) is 2. The summed E-state index contributed by atoms with van der Waals surface area (Å²) in [6, 6.07) is 8.02. The minimum Gasteiger partial charge on any atom is -0.478 e. The van der Waals surface area contributed by atoms with E-state index < -0.39 is 5.97 Å². The molecule has 1 heterocycles. The monoisotopic (exact) mass is 272 g/mol. The van der Waals surface area contributed by atoms with Crippen molar-refractivity contribution in [2.45, 2.75) is 39.5 Å². The quantitative estimate of drug-likeness (QED) is 0.904. The summed E-state index contributed by atoms with van der Waals surface area (Å²) in [5.41, 5.74) is 3.21. The van der Waals surface area contributed by atoms with Gasteiger partial charge in [0, 0.05) is 0 Å². The Morgan fingerprint density at radius 3 is 2.65 bits per heavy atom. The van der Waals surface area contributed by atoms with Crippen LogP contribution in [-0.4, -0.2) is 20.9 Å². The molecule has 2 aromatic rings. The molecular formula is C16H20N2O2. The number of aromatic carboxylic acids is 1. The van der Waals surface area contributed by atoms with Crippen LogP contribution in [0, 0.1) is 0 Å². The van der Waals surface area contributed by atoms with Crippen molar-refractivity contribution in [3.8, 4) is 5.69 Å². The van der Waals surface area contributed by atoms with E-state index in [-0.39, 0.29) is 0 Å². The Bertz CT molecular complexity index is 615. The summed E-state index contributed by atoms with van der Waals surface area (Å²) in [6.07, 6.45) is 3.04. The number of hydrogen-bond donors (Lipinski definition) is 1. The average Bonchev–Trinajstić information content (AvgIpc) is 2.83. The Labute approximate surface area is 119 Å². The second kappa shape index (κ2) is 5.90. The van der Waals surface area contributed by atoms with Crippen molar-refractivity contribution in [3.63, 3.8) is 0 Å². The van der Waals surface area contributed by atoms with Crippen molar-refractivity contribution in [1.29, 1.82) is 0 Å². The summed E-state index contributed by atoms with van der Waals surface area (Å²) in [4.78, 5) is 11.3. The highest BCUT2D eigenvalue weighted by Crippen LogP contribution is 2.25. The van der Waals surface area contributed by atoms with E-state index in [1.54, 1.807) is 4.68 Å². The van der Waals surface area contributed by atoms with E-state index in [9.17, 15) is 9.90 Å². The maximum atomic E-state index is 11.3. The predicted molar refractivity (Wildman–Crippen MR) is 78.6 cm³/mol. The molecule has 1 N–H and O–H groups in total. The maximum Gasteiger partial charge on any atom is 0.339 e. The van der Waals surface area contributed by atoms with Gasteiger partial charge in [-0.25, -0.2) is 9.48 Å². The standard InChI is InChI=1S/C16H20N2O2/c1-4-7-14-13(16(19)20)10-17-18(14)15-9-6-5-8-12(15)11(2)3/h5-6,8-11H,4,7H2,1-3H3,(H,19,20). The van der Waals surface area contributed by atoms with Crippen LogP contribution in [0.5, 0.6) is 0 Å². The average molecular weight is 272 g/mol. The van der Waals surface area contributed by atoms with Crippen LogP contribution in [0.15, 0.2) is 30.5 Å². The number of rotatable bonds is 5. The number of benzene rings is 1. The van der Waals surface area contributed by atoms with Crippen LogP contribution in [0.3, 0.4) is 0 Å². The van der Waals surface area contributed by atoms with Gasteiger partial charge < -0.3 is 5.11 Å². The van der Waals surface area contributed by atoms with Crippen molar-refractivity contribution in [2.24, 2.45) is 0 Å². The number of carboxylic acid groups (broad SMARTS) is 1. The first kappa shape index (κ1) is 14.3. The van der Waals surface area contributed by atoms with E-state index in [2.05, 4.69) is 25.0 Å². The Morgan fingerprint density at radius 2 is 2.05 bits per heavy atom. The second-order valence-electron chi connectivity index (χ2n) is 5.19. The molecule has 1 aromatic heterocycles. The zero-order valence-electron chi connectivity index (χ0n) is 12.1. The Hall–Kier alpha value is -2.10. The van der Waals surface area contributed by atoms with Crippen molar-refractivity contribution in [3.05, 3.63) is 47.3 Å². The third-order valence-electron chi connectivity index (χ3n) is 3.37. The number of carboxylic acids is 1. The third kappa shape index (κ3) is 2.59. The van der Waals surface area contributed by atoms with Crippen LogP contribution in [0.4, 0.5) is 0 Å². The third-order valence-corrected chi connectivity index (χ3v) is 3.37. The molecule has 1 aromatic carbocycles. The van der Waals surface area contributed by atoms with Gasteiger partial charge in [-0.3, -0.25) is 0 Å². The van der Waals surface area contributed by atoms with E-state index in [1.807, 2.05) is 25.1 Å². The van der Waals surface area contributed by atoms with Gasteiger partial charge in [0.25, 0.3) is 0 Å². The van der Waals surface area contributed by atoms with Gasteiger partial charge in [-0.2, -0.15) is 5.10 Å². The van der Waals surface area contributed by atoms with Gasteiger partial charge in [0.15, 0.2) is 0 Å². The fourth-order valence-corrected chi connectivity index (χ4v) is 2.41. The second-order valence-corrected chi connectivity index (χ2v) is 5.19. The molecule has 4 nitrogen and oxygen atoms in total. The van der Waals surface area contributed by atoms with Gasteiger partial charge >= 0.3 is 5.97 Å². The van der Waals surface area contributed by atoms with Crippen LogP contribution in [0.25, 0.3) is 5.69 Å². The first-order valence-electron chi connectivity index (χ1n) is 6.95. The molecule has 0 saturated carbocycles. The summed E-state index contributed by atoms with van der Waals surface area (Å²) >= 11 is 0. The fraction of sp³-hybridized carbons (Fsp3) is 0.375. The highest BCUT2D eigenvalue weighted by Gasteiger charge is 2.18. The van der Waals surface area contributed by atoms with Crippen LogP contribution in [0.2, 0.25) is 0 Å². The van der Waals surface area contributed by atoms with E-state index in [1.165, 1.54) is 11.8 Å². The Balaban J connectivity index is 2.61. The lowest BCUT2D eigenvalue weighted by atomic mass is 10.0. The molecule has 0 spiro atoms. The molecule has 2 rings (SSSR count). The van der Waals surface area contributed by atoms with Gasteiger partial charge in [0.2, 0.25) is 0 Å².